The van der Waals surface area contributed by atoms with Crippen LogP contribution < -0.4 is 5.73 Å². The fraction of sp³-hybridized carbons (Fsp3) is 0.500. The molecule has 4 nitrogen and oxygen atoms in total. The average Bonchev–Trinajstić information content (AvgIpc) is 2.06. The van der Waals surface area contributed by atoms with Crippen molar-refractivity contribution >= 4 is 0 Å². The molecule has 0 aliphatic carbocycles. The molecule has 1 unspecified atom stereocenters. The standard InChI is InChI=1S/C8H13N3O/c1-2-4-8(9,12)7-10-5-3-6-11-7/h3,5-6,12H,2,4,9H2,1H3. The minimum Gasteiger partial charge on any atom is -0.369 e. The highest BCUT2D eigenvalue weighted by Crippen LogP contribution is 2.15. The molecule has 3 N–H and O–H groups in total. The van der Waals surface area contributed by atoms with Crippen LogP contribution in [-0.4, -0.2) is 15.1 Å². The zero-order chi connectivity index (χ0) is 9.03. The predicted molar refractivity (Wildman–Crippen MR) is 45.0 cm³/mol. The molecule has 0 aliphatic heterocycles. The Balaban J connectivity index is 2.82. The summed E-state index contributed by atoms with van der Waals surface area (Å²) >= 11 is 0. The summed E-state index contributed by atoms with van der Waals surface area (Å²) in [7, 11) is 0. The normalized spacial score (nSPS) is 15.6. The van der Waals surface area contributed by atoms with Crippen LogP contribution >= 0.6 is 0 Å². The van der Waals surface area contributed by atoms with Crippen LogP contribution in [-0.2, 0) is 5.72 Å². The molecule has 0 aromatic carbocycles. The Morgan fingerprint density at radius 1 is 1.50 bits per heavy atom. The number of aliphatic hydroxyl groups is 1. The Labute approximate surface area is 71.5 Å². The third-order valence-corrected chi connectivity index (χ3v) is 1.58. The van der Waals surface area contributed by atoms with Crippen molar-refractivity contribution in [3.8, 4) is 0 Å². The quantitative estimate of drug-likeness (QED) is 0.638. The molecule has 1 atom stereocenters. The summed E-state index contributed by atoms with van der Waals surface area (Å²) in [6.45, 7) is 1.95. The van der Waals surface area contributed by atoms with Crippen LogP contribution in [0.25, 0.3) is 0 Å². The molecule has 1 aromatic heterocycles. The summed E-state index contributed by atoms with van der Waals surface area (Å²) in [4.78, 5) is 7.77. The fourth-order valence-electron chi connectivity index (χ4n) is 1.02. The van der Waals surface area contributed by atoms with Crippen molar-refractivity contribution in [3.63, 3.8) is 0 Å². The van der Waals surface area contributed by atoms with Gasteiger partial charge in [0.2, 0.25) is 0 Å². The molecule has 0 aliphatic rings. The van der Waals surface area contributed by atoms with Crippen molar-refractivity contribution < 1.29 is 5.11 Å². The van der Waals surface area contributed by atoms with Gasteiger partial charge < -0.3 is 5.11 Å². The lowest BCUT2D eigenvalue weighted by Crippen LogP contribution is -2.37. The molecule has 1 aromatic rings. The zero-order valence-electron chi connectivity index (χ0n) is 7.07. The second kappa shape index (κ2) is 3.60. The Kier molecular flexibility index (Phi) is 2.73. The first-order chi connectivity index (χ1) is 5.67. The van der Waals surface area contributed by atoms with Crippen LogP contribution in [0.3, 0.4) is 0 Å². The van der Waals surface area contributed by atoms with Crippen LogP contribution in [0.15, 0.2) is 18.5 Å². The van der Waals surface area contributed by atoms with Crippen molar-refractivity contribution in [2.24, 2.45) is 5.73 Å². The van der Waals surface area contributed by atoms with E-state index in [1.165, 1.54) is 0 Å². The number of nitrogens with two attached hydrogens (primary N) is 1. The monoisotopic (exact) mass is 167 g/mol. The van der Waals surface area contributed by atoms with E-state index in [1.54, 1.807) is 18.5 Å². The lowest BCUT2D eigenvalue weighted by molar-refractivity contribution is 0.0243. The molecule has 0 saturated carbocycles. The van der Waals surface area contributed by atoms with Gasteiger partial charge in [-0.2, -0.15) is 0 Å². The van der Waals surface area contributed by atoms with Gasteiger partial charge in [-0.05, 0) is 12.5 Å². The number of aromatic nitrogens is 2. The smallest absolute Gasteiger partial charge is 0.175 e. The maximum Gasteiger partial charge on any atom is 0.175 e. The maximum atomic E-state index is 9.64. The third kappa shape index (κ3) is 1.99. The van der Waals surface area contributed by atoms with Gasteiger partial charge in [0.05, 0.1) is 0 Å². The molecule has 4 heteroatoms. The lowest BCUT2D eigenvalue weighted by Gasteiger charge is -2.19. The Hall–Kier alpha value is -1.00. The van der Waals surface area contributed by atoms with Gasteiger partial charge in [-0.3, -0.25) is 5.73 Å². The number of rotatable bonds is 3. The first kappa shape index (κ1) is 9.09. The van der Waals surface area contributed by atoms with Crippen molar-refractivity contribution in [1.82, 2.24) is 9.97 Å². The van der Waals surface area contributed by atoms with Gasteiger partial charge in [-0.1, -0.05) is 13.3 Å². The number of nitrogens with zero attached hydrogens (tertiary/aromatic N) is 2. The van der Waals surface area contributed by atoms with Crippen LogP contribution in [0.5, 0.6) is 0 Å². The SMILES string of the molecule is CCCC(N)(O)c1ncccn1. The van der Waals surface area contributed by atoms with Gasteiger partial charge >= 0.3 is 0 Å². The topological polar surface area (TPSA) is 72.0 Å². The van der Waals surface area contributed by atoms with E-state index >= 15 is 0 Å². The van der Waals surface area contributed by atoms with E-state index in [9.17, 15) is 5.11 Å². The molecule has 0 saturated heterocycles. The Morgan fingerprint density at radius 3 is 2.58 bits per heavy atom. The Bertz CT molecular complexity index is 235. The minimum atomic E-state index is -1.38. The molecule has 0 radical (unpaired) electrons. The molecule has 0 amide bonds. The van der Waals surface area contributed by atoms with E-state index in [0.29, 0.717) is 6.42 Å². The van der Waals surface area contributed by atoms with E-state index in [0.717, 1.165) is 6.42 Å². The second-order valence-corrected chi connectivity index (χ2v) is 2.75. The highest BCUT2D eigenvalue weighted by Gasteiger charge is 2.25. The summed E-state index contributed by atoms with van der Waals surface area (Å²) < 4.78 is 0. The van der Waals surface area contributed by atoms with E-state index in [-0.39, 0.29) is 5.82 Å². The highest BCUT2D eigenvalue weighted by atomic mass is 16.3. The molecule has 66 valence electrons. The highest BCUT2D eigenvalue weighted by molar-refractivity contribution is 4.98. The van der Waals surface area contributed by atoms with E-state index in [2.05, 4.69) is 9.97 Å². The maximum absolute atomic E-state index is 9.64. The number of hydrogen-bond donors (Lipinski definition) is 2. The van der Waals surface area contributed by atoms with Gasteiger partial charge in [-0.25, -0.2) is 9.97 Å². The zero-order valence-corrected chi connectivity index (χ0v) is 7.07. The molecule has 1 heterocycles. The summed E-state index contributed by atoms with van der Waals surface area (Å²) in [6.07, 6.45) is 4.40. The van der Waals surface area contributed by atoms with Crippen molar-refractivity contribution in [2.45, 2.75) is 25.5 Å². The summed E-state index contributed by atoms with van der Waals surface area (Å²) in [5.74, 6) is 0.284. The Morgan fingerprint density at radius 2 is 2.08 bits per heavy atom. The first-order valence-electron chi connectivity index (χ1n) is 3.95. The molecule has 1 rings (SSSR count). The van der Waals surface area contributed by atoms with Crippen molar-refractivity contribution in [1.29, 1.82) is 0 Å². The molecule has 0 bridgehead atoms. The summed E-state index contributed by atoms with van der Waals surface area (Å²) in [6, 6.07) is 1.69. The summed E-state index contributed by atoms with van der Waals surface area (Å²) in [5, 5.41) is 9.64. The van der Waals surface area contributed by atoms with Gasteiger partial charge in [0, 0.05) is 12.4 Å². The molecule has 12 heavy (non-hydrogen) atoms. The average molecular weight is 167 g/mol. The molecule has 0 fully saturated rings. The molecular weight excluding hydrogens is 154 g/mol. The van der Waals surface area contributed by atoms with E-state index in [4.69, 9.17) is 5.73 Å². The van der Waals surface area contributed by atoms with Crippen LogP contribution in [0.4, 0.5) is 0 Å². The summed E-state index contributed by atoms with van der Waals surface area (Å²) in [5.41, 5.74) is 4.20. The third-order valence-electron chi connectivity index (χ3n) is 1.58. The minimum absolute atomic E-state index is 0.284. The van der Waals surface area contributed by atoms with E-state index < -0.39 is 5.72 Å². The predicted octanol–water partition coefficient (Wildman–Crippen LogP) is 0.381. The number of hydrogen-bond acceptors (Lipinski definition) is 4. The largest absolute Gasteiger partial charge is 0.369 e. The second-order valence-electron chi connectivity index (χ2n) is 2.75. The molecular formula is C8H13N3O. The van der Waals surface area contributed by atoms with Crippen LogP contribution in [0.2, 0.25) is 0 Å². The molecule has 0 spiro atoms. The van der Waals surface area contributed by atoms with Crippen molar-refractivity contribution in [3.05, 3.63) is 24.3 Å². The van der Waals surface area contributed by atoms with Gasteiger partial charge in [0.25, 0.3) is 0 Å². The van der Waals surface area contributed by atoms with Crippen LogP contribution in [0, 0.1) is 0 Å². The van der Waals surface area contributed by atoms with Gasteiger partial charge in [0.1, 0.15) is 0 Å². The van der Waals surface area contributed by atoms with Crippen molar-refractivity contribution in [2.75, 3.05) is 0 Å². The first-order valence-corrected chi connectivity index (χ1v) is 3.95. The van der Waals surface area contributed by atoms with Gasteiger partial charge in [-0.15, -0.1) is 0 Å². The fourth-order valence-corrected chi connectivity index (χ4v) is 1.02. The van der Waals surface area contributed by atoms with Gasteiger partial charge in [0.15, 0.2) is 11.5 Å². The lowest BCUT2D eigenvalue weighted by atomic mass is 10.1. The van der Waals surface area contributed by atoms with Crippen LogP contribution in [0.1, 0.15) is 25.6 Å². The van der Waals surface area contributed by atoms with E-state index in [1.807, 2.05) is 6.92 Å².